The van der Waals surface area contributed by atoms with Crippen LogP contribution in [-0.2, 0) is 0 Å². The molecule has 3 aliphatic rings. The lowest BCUT2D eigenvalue weighted by molar-refractivity contribution is 0.671. The van der Waals surface area contributed by atoms with Crippen molar-refractivity contribution in [3.63, 3.8) is 0 Å². The van der Waals surface area contributed by atoms with Gasteiger partial charge in [-0.05, 0) is 75.9 Å². The third kappa shape index (κ3) is 1.69. The molecule has 3 aliphatic heterocycles. The zero-order valence-electron chi connectivity index (χ0n) is 12.2. The maximum atomic E-state index is 3.82. The van der Waals surface area contributed by atoms with Crippen LogP contribution >= 0.6 is 31.9 Å². The van der Waals surface area contributed by atoms with Crippen molar-refractivity contribution in [1.29, 1.82) is 0 Å². The van der Waals surface area contributed by atoms with Crippen molar-refractivity contribution in [3.05, 3.63) is 43.9 Å². The Morgan fingerprint density at radius 3 is 2.19 bits per heavy atom. The highest BCUT2D eigenvalue weighted by atomic mass is 79.9. The predicted octanol–water partition coefficient (Wildman–Crippen LogP) is 3.62. The van der Waals surface area contributed by atoms with Gasteiger partial charge >= 0.3 is 0 Å². The van der Waals surface area contributed by atoms with E-state index >= 15 is 0 Å². The van der Waals surface area contributed by atoms with Crippen molar-refractivity contribution < 1.29 is 0 Å². The Morgan fingerprint density at radius 1 is 0.952 bits per heavy atom. The average Bonchev–Trinajstić information content (AvgIpc) is 2.45. The van der Waals surface area contributed by atoms with Crippen molar-refractivity contribution >= 4 is 54.4 Å². The van der Waals surface area contributed by atoms with Crippen molar-refractivity contribution in [1.82, 2.24) is 0 Å². The van der Waals surface area contributed by atoms with Gasteiger partial charge in [0.2, 0.25) is 0 Å². The summed E-state index contributed by atoms with van der Waals surface area (Å²) in [5.41, 5.74) is 5.28. The fourth-order valence-electron chi connectivity index (χ4n) is 3.52. The van der Waals surface area contributed by atoms with Gasteiger partial charge in [0.1, 0.15) is 0 Å². The molecule has 0 radical (unpaired) electrons. The molecule has 0 saturated carbocycles. The first-order valence-electron chi connectivity index (χ1n) is 7.15. The summed E-state index contributed by atoms with van der Waals surface area (Å²) in [5.74, 6) is 0. The van der Waals surface area contributed by atoms with Gasteiger partial charge in [-0.2, -0.15) is 0 Å². The van der Waals surface area contributed by atoms with Crippen LogP contribution in [0, 0.1) is 0 Å². The molecule has 1 aromatic rings. The Bertz CT molecular complexity index is 849. The molecule has 2 nitrogen and oxygen atoms in total. The largest absolute Gasteiger partial charge is 0.344 e. The minimum Gasteiger partial charge on any atom is -0.344 e. The van der Waals surface area contributed by atoms with Crippen LogP contribution in [0.3, 0.4) is 0 Å². The Kier molecular flexibility index (Phi) is 2.92. The second-order valence-electron chi connectivity index (χ2n) is 5.98. The van der Waals surface area contributed by atoms with E-state index < -0.39 is 0 Å². The van der Waals surface area contributed by atoms with Gasteiger partial charge in [-0.15, -0.1) is 0 Å². The van der Waals surface area contributed by atoms with E-state index in [-0.39, 0.29) is 0 Å². The van der Waals surface area contributed by atoms with E-state index in [2.05, 4.69) is 87.0 Å². The smallest absolute Gasteiger partial charge is 0.0745 e. The van der Waals surface area contributed by atoms with Crippen LogP contribution in [0.4, 0.5) is 11.4 Å². The highest BCUT2D eigenvalue weighted by Gasteiger charge is 2.33. The average molecular weight is 408 g/mol. The summed E-state index contributed by atoms with van der Waals surface area (Å²) in [4.78, 5) is 4.81. The van der Waals surface area contributed by atoms with Crippen LogP contribution in [0.25, 0.3) is 11.1 Å². The number of hydrogen-bond donors (Lipinski definition) is 0. The lowest BCUT2D eigenvalue weighted by Crippen LogP contribution is -2.50. The maximum Gasteiger partial charge on any atom is 0.0745 e. The SMILES string of the molecule is CC1=c2c(Br)c(Br)c3c4c2N(C=C1)CC(C)N4C=CC=3C. The molecule has 4 rings (SSSR count). The van der Waals surface area contributed by atoms with Crippen LogP contribution in [-0.4, -0.2) is 12.6 Å². The molecular formula is C17H16Br2N2. The molecule has 0 bridgehead atoms. The summed E-state index contributed by atoms with van der Waals surface area (Å²) in [6, 6.07) is 0.463. The lowest BCUT2D eigenvalue weighted by atomic mass is 9.96. The van der Waals surface area contributed by atoms with E-state index in [1.807, 2.05) is 0 Å². The molecule has 4 heteroatoms. The minimum absolute atomic E-state index is 0.463. The first-order chi connectivity index (χ1) is 10.0. The van der Waals surface area contributed by atoms with Gasteiger partial charge < -0.3 is 9.80 Å². The second-order valence-corrected chi connectivity index (χ2v) is 7.57. The molecule has 3 heterocycles. The van der Waals surface area contributed by atoms with Gasteiger partial charge in [0.15, 0.2) is 0 Å². The summed E-state index contributed by atoms with van der Waals surface area (Å²) in [6.45, 7) is 7.66. The van der Waals surface area contributed by atoms with Gasteiger partial charge in [-0.3, -0.25) is 0 Å². The molecule has 108 valence electrons. The summed E-state index contributed by atoms with van der Waals surface area (Å²) < 4.78 is 2.32. The number of benzene rings is 1. The molecule has 0 N–H and O–H groups in total. The standard InChI is InChI=1S/C17H16Br2N2/c1-9-4-6-20-8-11(3)21-7-5-10(2)13-15(19)14(18)12(9)16(20)17(13)21/h4-7,11H,8H2,1-3H3. The Morgan fingerprint density at radius 2 is 1.52 bits per heavy atom. The van der Waals surface area contributed by atoms with Crippen molar-refractivity contribution in [2.75, 3.05) is 16.3 Å². The molecule has 0 fully saturated rings. The van der Waals surface area contributed by atoms with E-state index in [9.17, 15) is 0 Å². The van der Waals surface area contributed by atoms with Gasteiger partial charge in [0.05, 0.1) is 11.4 Å². The molecule has 0 spiro atoms. The number of anilines is 2. The summed E-state index contributed by atoms with van der Waals surface area (Å²) in [5, 5.41) is 2.62. The quantitative estimate of drug-likeness (QED) is 0.647. The second kappa shape index (κ2) is 4.50. The molecule has 0 saturated heterocycles. The fraction of sp³-hybridized carbons (Fsp3) is 0.294. The van der Waals surface area contributed by atoms with E-state index in [1.54, 1.807) is 0 Å². The molecule has 0 aromatic heterocycles. The van der Waals surface area contributed by atoms with Crippen LogP contribution in [0.1, 0.15) is 20.8 Å². The summed E-state index contributed by atoms with van der Waals surface area (Å²) in [7, 11) is 0. The third-order valence-corrected chi connectivity index (χ3v) is 6.71. The predicted molar refractivity (Wildman–Crippen MR) is 96.8 cm³/mol. The van der Waals surface area contributed by atoms with Gasteiger partial charge in [-0.1, -0.05) is 0 Å². The van der Waals surface area contributed by atoms with E-state index in [0.29, 0.717) is 6.04 Å². The maximum absolute atomic E-state index is 3.82. The van der Waals surface area contributed by atoms with E-state index in [1.165, 1.54) is 33.0 Å². The number of nitrogens with zero attached hydrogens (tertiary/aromatic N) is 2. The number of halogens is 2. The van der Waals surface area contributed by atoms with Crippen molar-refractivity contribution in [3.8, 4) is 0 Å². The van der Waals surface area contributed by atoms with E-state index in [0.717, 1.165) is 15.5 Å². The third-order valence-electron chi connectivity index (χ3n) is 4.59. The zero-order chi connectivity index (χ0) is 14.9. The zero-order valence-corrected chi connectivity index (χ0v) is 15.4. The molecule has 1 unspecified atom stereocenters. The highest BCUT2D eigenvalue weighted by Crippen LogP contribution is 2.38. The molecule has 21 heavy (non-hydrogen) atoms. The molecule has 0 aliphatic carbocycles. The highest BCUT2D eigenvalue weighted by molar-refractivity contribution is 9.13. The summed E-state index contributed by atoms with van der Waals surface area (Å²) in [6.07, 6.45) is 8.88. The monoisotopic (exact) mass is 406 g/mol. The minimum atomic E-state index is 0.463. The lowest BCUT2D eigenvalue weighted by Gasteiger charge is -2.43. The van der Waals surface area contributed by atoms with E-state index in [4.69, 9.17) is 0 Å². The molecular weight excluding hydrogens is 392 g/mol. The van der Waals surface area contributed by atoms with Gasteiger partial charge in [0.25, 0.3) is 0 Å². The molecule has 0 amide bonds. The first-order valence-corrected chi connectivity index (χ1v) is 8.73. The van der Waals surface area contributed by atoms with Gasteiger partial charge in [0, 0.05) is 44.4 Å². The van der Waals surface area contributed by atoms with Crippen LogP contribution < -0.4 is 20.2 Å². The Hall–Kier alpha value is -1.00. The molecule has 1 atom stereocenters. The normalized spacial score (nSPS) is 22.0. The number of hydrogen-bond acceptors (Lipinski definition) is 2. The Labute approximate surface area is 141 Å². The summed E-state index contributed by atoms with van der Waals surface area (Å²) >= 11 is 7.64. The van der Waals surface area contributed by atoms with Crippen LogP contribution in [0.15, 0.2) is 33.5 Å². The Balaban J connectivity index is 2.30. The van der Waals surface area contributed by atoms with Crippen molar-refractivity contribution in [2.45, 2.75) is 26.8 Å². The topological polar surface area (TPSA) is 6.48 Å². The van der Waals surface area contributed by atoms with Gasteiger partial charge in [-0.25, -0.2) is 0 Å². The number of allylic oxidation sites excluding steroid dienone is 2. The fourth-order valence-corrected chi connectivity index (χ4v) is 4.91. The first kappa shape index (κ1) is 13.6. The number of rotatable bonds is 0. The van der Waals surface area contributed by atoms with Crippen LogP contribution in [0.5, 0.6) is 0 Å². The van der Waals surface area contributed by atoms with Crippen molar-refractivity contribution in [2.24, 2.45) is 0 Å². The molecule has 1 aromatic carbocycles. The van der Waals surface area contributed by atoms with Crippen LogP contribution in [0.2, 0.25) is 0 Å².